The minimum Gasteiger partial charge on any atom is -0.481 e. The molecule has 0 radical (unpaired) electrons. The van der Waals surface area contributed by atoms with Gasteiger partial charge in [-0.15, -0.1) is 11.3 Å². The highest BCUT2D eigenvalue weighted by Gasteiger charge is 2.38. The molecule has 7 nitrogen and oxygen atoms in total. The molecule has 1 saturated heterocycles. The quantitative estimate of drug-likeness (QED) is 0.884. The normalized spacial score (nSPS) is 18.7. The third-order valence-corrected chi connectivity index (χ3v) is 5.08. The Morgan fingerprint density at radius 1 is 1.48 bits per heavy atom. The fourth-order valence-corrected chi connectivity index (χ4v) is 3.82. The molecule has 136 valence electrons. The molecule has 1 unspecified atom stereocenters. The van der Waals surface area contributed by atoms with Crippen molar-refractivity contribution in [2.24, 2.45) is 7.05 Å². The molecule has 25 heavy (non-hydrogen) atoms. The Morgan fingerprint density at radius 2 is 2.20 bits per heavy atom. The van der Waals surface area contributed by atoms with Crippen molar-refractivity contribution in [3.8, 4) is 0 Å². The van der Waals surface area contributed by atoms with Crippen molar-refractivity contribution in [3.63, 3.8) is 0 Å². The zero-order valence-electron chi connectivity index (χ0n) is 13.0. The molecule has 0 aromatic carbocycles. The SMILES string of the molecule is Cn1nc(C(F)(F)F)c2cc(C(=O)N3CCOCC3CC(=O)O)sc21. The minimum atomic E-state index is -4.62. The number of carbonyl (C=O) groups is 2. The number of ether oxygens (including phenoxy) is 1. The topological polar surface area (TPSA) is 84.7 Å². The van der Waals surface area contributed by atoms with E-state index >= 15 is 0 Å². The molecule has 11 heteroatoms. The molecule has 1 aliphatic rings. The summed E-state index contributed by atoms with van der Waals surface area (Å²) in [6, 6.07) is 0.523. The summed E-state index contributed by atoms with van der Waals surface area (Å²) in [5, 5.41) is 12.3. The van der Waals surface area contributed by atoms with Crippen LogP contribution in [-0.4, -0.2) is 57.5 Å². The predicted molar refractivity (Wildman–Crippen MR) is 81.5 cm³/mol. The largest absolute Gasteiger partial charge is 0.481 e. The molecule has 2 aromatic rings. The van der Waals surface area contributed by atoms with Crippen LogP contribution in [0.2, 0.25) is 0 Å². The number of aromatic nitrogens is 2. The lowest BCUT2D eigenvalue weighted by molar-refractivity contribution is -0.140. The van der Waals surface area contributed by atoms with Gasteiger partial charge in [0, 0.05) is 19.0 Å². The lowest BCUT2D eigenvalue weighted by Gasteiger charge is -2.34. The average Bonchev–Trinajstić information content (AvgIpc) is 3.07. The van der Waals surface area contributed by atoms with Crippen molar-refractivity contribution in [1.82, 2.24) is 14.7 Å². The van der Waals surface area contributed by atoms with Gasteiger partial charge in [-0.25, -0.2) is 0 Å². The van der Waals surface area contributed by atoms with Gasteiger partial charge in [-0.1, -0.05) is 0 Å². The summed E-state index contributed by atoms with van der Waals surface area (Å²) >= 11 is 0.905. The van der Waals surface area contributed by atoms with Gasteiger partial charge < -0.3 is 14.7 Å². The van der Waals surface area contributed by atoms with Crippen LogP contribution in [0.15, 0.2) is 6.07 Å². The standard InChI is InChI=1S/C14H14F3N3O4S/c1-19-13-8(11(18-19)14(15,16)17)5-9(25-13)12(23)20-2-3-24-6-7(20)4-10(21)22/h5,7H,2-4,6H2,1H3,(H,21,22). The van der Waals surface area contributed by atoms with Crippen molar-refractivity contribution in [2.75, 3.05) is 19.8 Å². The fraction of sp³-hybridized carbons (Fsp3) is 0.500. The molecule has 3 heterocycles. The van der Waals surface area contributed by atoms with Crippen LogP contribution in [0, 0.1) is 0 Å². The van der Waals surface area contributed by atoms with E-state index in [0.717, 1.165) is 16.0 Å². The average molecular weight is 377 g/mol. The van der Waals surface area contributed by atoms with Gasteiger partial charge in [0.05, 0.1) is 30.6 Å². The lowest BCUT2D eigenvalue weighted by Crippen LogP contribution is -2.49. The Labute approximate surface area is 143 Å². The van der Waals surface area contributed by atoms with Crippen molar-refractivity contribution in [2.45, 2.75) is 18.6 Å². The number of halogens is 3. The van der Waals surface area contributed by atoms with Crippen molar-refractivity contribution < 1.29 is 32.6 Å². The summed E-state index contributed by atoms with van der Waals surface area (Å²) < 4.78 is 45.5. The van der Waals surface area contributed by atoms with Crippen LogP contribution in [0.4, 0.5) is 13.2 Å². The van der Waals surface area contributed by atoms with E-state index in [1.54, 1.807) is 0 Å². The molecule has 1 aliphatic heterocycles. The van der Waals surface area contributed by atoms with Crippen molar-refractivity contribution in [3.05, 3.63) is 16.6 Å². The molecular weight excluding hydrogens is 363 g/mol. The molecule has 1 amide bonds. The van der Waals surface area contributed by atoms with Gasteiger partial charge in [0.2, 0.25) is 0 Å². The van der Waals surface area contributed by atoms with Gasteiger partial charge in [-0.2, -0.15) is 18.3 Å². The Kier molecular flexibility index (Phi) is 4.45. The second-order valence-electron chi connectivity index (χ2n) is 5.62. The molecule has 0 bridgehead atoms. The number of carboxylic acids is 1. The van der Waals surface area contributed by atoms with E-state index in [4.69, 9.17) is 9.84 Å². The van der Waals surface area contributed by atoms with E-state index in [9.17, 15) is 22.8 Å². The molecule has 0 aliphatic carbocycles. The summed E-state index contributed by atoms with van der Waals surface area (Å²) in [7, 11) is 1.38. The summed E-state index contributed by atoms with van der Waals surface area (Å²) in [6.07, 6.45) is -4.91. The highest BCUT2D eigenvalue weighted by molar-refractivity contribution is 7.20. The number of amides is 1. The molecule has 1 fully saturated rings. The van der Waals surface area contributed by atoms with E-state index in [0.29, 0.717) is 0 Å². The highest BCUT2D eigenvalue weighted by Crippen LogP contribution is 2.37. The zero-order chi connectivity index (χ0) is 18.4. The number of nitrogens with zero attached hydrogens (tertiary/aromatic N) is 3. The lowest BCUT2D eigenvalue weighted by atomic mass is 10.1. The van der Waals surface area contributed by atoms with Crippen molar-refractivity contribution >= 4 is 33.4 Å². The Morgan fingerprint density at radius 3 is 2.84 bits per heavy atom. The maximum atomic E-state index is 13.1. The number of carbonyl (C=O) groups excluding carboxylic acids is 1. The van der Waals surface area contributed by atoms with E-state index in [-0.39, 0.29) is 41.3 Å². The van der Waals surface area contributed by atoms with Crippen LogP contribution < -0.4 is 0 Å². The van der Waals surface area contributed by atoms with E-state index < -0.39 is 29.8 Å². The molecule has 0 saturated carbocycles. The first-order valence-electron chi connectivity index (χ1n) is 7.32. The smallest absolute Gasteiger partial charge is 0.435 e. The molecule has 1 atom stereocenters. The highest BCUT2D eigenvalue weighted by atomic mass is 32.1. The number of thiophene rings is 1. The molecule has 0 spiro atoms. The molecule has 2 aromatic heterocycles. The van der Waals surface area contributed by atoms with Crippen molar-refractivity contribution in [1.29, 1.82) is 0 Å². The van der Waals surface area contributed by atoms with E-state index in [1.165, 1.54) is 18.0 Å². The predicted octanol–water partition coefficient (Wildman–Crippen LogP) is 1.97. The number of aliphatic carboxylic acids is 1. The summed E-state index contributed by atoms with van der Waals surface area (Å²) in [6.45, 7) is 0.524. The van der Waals surface area contributed by atoms with Gasteiger partial charge >= 0.3 is 12.1 Å². The third kappa shape index (κ3) is 3.33. The van der Waals surface area contributed by atoms with Crippen LogP contribution >= 0.6 is 11.3 Å². The first-order valence-corrected chi connectivity index (χ1v) is 8.14. The maximum Gasteiger partial charge on any atom is 0.435 e. The van der Waals surface area contributed by atoms with Crippen LogP contribution in [0.3, 0.4) is 0 Å². The number of carboxylic acid groups (broad SMARTS) is 1. The maximum absolute atomic E-state index is 13.1. The Hall–Kier alpha value is -2.14. The number of hydrogen-bond acceptors (Lipinski definition) is 5. The van der Waals surface area contributed by atoms with Crippen LogP contribution in [-0.2, 0) is 22.8 Å². The third-order valence-electron chi connectivity index (χ3n) is 3.89. The number of alkyl halides is 3. The van der Waals surface area contributed by atoms with Gasteiger partial charge in [0.1, 0.15) is 4.83 Å². The van der Waals surface area contributed by atoms with Gasteiger partial charge in [0.15, 0.2) is 5.69 Å². The van der Waals surface area contributed by atoms with E-state index in [2.05, 4.69) is 5.10 Å². The summed E-state index contributed by atoms with van der Waals surface area (Å²) in [4.78, 5) is 25.4. The van der Waals surface area contributed by atoms with Crippen LogP contribution in [0.1, 0.15) is 21.8 Å². The second-order valence-corrected chi connectivity index (χ2v) is 6.66. The minimum absolute atomic E-state index is 0.0816. The fourth-order valence-electron chi connectivity index (χ4n) is 2.79. The number of rotatable bonds is 3. The van der Waals surface area contributed by atoms with Crippen LogP contribution in [0.25, 0.3) is 10.2 Å². The number of morpholine rings is 1. The first-order chi connectivity index (χ1) is 11.7. The molecular formula is C14H14F3N3O4S. The summed E-state index contributed by atoms with van der Waals surface area (Å²) in [5.41, 5.74) is -1.04. The Bertz CT molecular complexity index is 829. The second kappa shape index (κ2) is 6.30. The van der Waals surface area contributed by atoms with Crippen LogP contribution in [0.5, 0.6) is 0 Å². The van der Waals surface area contributed by atoms with E-state index in [1.807, 2.05) is 0 Å². The number of fused-ring (bicyclic) bond motifs is 1. The molecule has 3 rings (SSSR count). The van der Waals surface area contributed by atoms with Gasteiger partial charge in [-0.3, -0.25) is 14.3 Å². The summed E-state index contributed by atoms with van der Waals surface area (Å²) in [5.74, 6) is -1.57. The van der Waals surface area contributed by atoms with Gasteiger partial charge in [-0.05, 0) is 6.07 Å². The van der Waals surface area contributed by atoms with Gasteiger partial charge in [0.25, 0.3) is 5.91 Å². The number of hydrogen-bond donors (Lipinski definition) is 1. The monoisotopic (exact) mass is 377 g/mol. The first kappa shape index (κ1) is 17.7. The Balaban J connectivity index is 1.95. The zero-order valence-corrected chi connectivity index (χ0v) is 13.9. The number of aryl methyl sites for hydroxylation is 1. The molecule has 1 N–H and O–H groups in total.